The summed E-state index contributed by atoms with van der Waals surface area (Å²) in [7, 11) is 0. The average molecular weight is 253 g/mol. The summed E-state index contributed by atoms with van der Waals surface area (Å²) >= 11 is 0. The number of ether oxygens (including phenoxy) is 1. The van der Waals surface area contributed by atoms with Crippen LogP contribution in [0.1, 0.15) is 40.5 Å². The number of fused-ring (bicyclic) bond motifs is 2. The summed E-state index contributed by atoms with van der Waals surface area (Å²) in [5, 5.41) is 0. The van der Waals surface area contributed by atoms with Crippen molar-refractivity contribution >= 4 is 11.9 Å². The molecule has 102 valence electrons. The summed E-state index contributed by atoms with van der Waals surface area (Å²) in [4.78, 5) is 25.4. The quantitative estimate of drug-likeness (QED) is 0.721. The number of rotatable bonds is 1. The van der Waals surface area contributed by atoms with Gasteiger partial charge in [-0.05, 0) is 52.4 Å². The molecule has 4 nitrogen and oxygen atoms in total. The molecule has 1 saturated heterocycles. The molecule has 2 aliphatic rings. The van der Waals surface area contributed by atoms with Crippen LogP contribution >= 0.6 is 0 Å². The number of likely N-dealkylation sites (tertiary alicyclic amines) is 1. The van der Waals surface area contributed by atoms with Gasteiger partial charge in [-0.25, -0.2) is 4.79 Å². The molecule has 1 aliphatic heterocycles. The molecule has 0 aromatic carbocycles. The maximum atomic E-state index is 12.0. The van der Waals surface area contributed by atoms with Gasteiger partial charge in [-0.15, -0.1) is 0 Å². The fourth-order valence-corrected chi connectivity index (χ4v) is 3.36. The van der Waals surface area contributed by atoms with Gasteiger partial charge in [-0.1, -0.05) is 0 Å². The molecule has 1 heterocycles. The normalized spacial score (nSPS) is 31.3. The van der Waals surface area contributed by atoms with Crippen LogP contribution in [0.3, 0.4) is 0 Å². The lowest BCUT2D eigenvalue weighted by Crippen LogP contribution is -2.48. The molecular formula is C14H23NO3. The van der Waals surface area contributed by atoms with E-state index in [9.17, 15) is 9.59 Å². The van der Waals surface area contributed by atoms with Crippen LogP contribution in [-0.2, 0) is 9.53 Å². The van der Waals surface area contributed by atoms with Crippen molar-refractivity contribution in [1.29, 1.82) is 0 Å². The molecule has 2 unspecified atom stereocenters. The lowest BCUT2D eigenvalue weighted by atomic mass is 9.82. The number of carbonyl (C=O) groups is 2. The fourth-order valence-electron chi connectivity index (χ4n) is 3.36. The maximum Gasteiger partial charge on any atom is 0.410 e. The number of hydrogen-bond donors (Lipinski definition) is 0. The topological polar surface area (TPSA) is 46.6 Å². The predicted molar refractivity (Wildman–Crippen MR) is 68.2 cm³/mol. The Bertz CT molecular complexity index is 345. The van der Waals surface area contributed by atoms with Crippen LogP contribution in [0.5, 0.6) is 0 Å². The summed E-state index contributed by atoms with van der Waals surface area (Å²) in [6, 6.07) is 0. The van der Waals surface area contributed by atoms with Crippen molar-refractivity contribution in [2.24, 2.45) is 17.8 Å². The van der Waals surface area contributed by atoms with Gasteiger partial charge in [-0.2, -0.15) is 0 Å². The van der Waals surface area contributed by atoms with E-state index in [1.54, 1.807) is 11.8 Å². The maximum absolute atomic E-state index is 12.0. The summed E-state index contributed by atoms with van der Waals surface area (Å²) in [6.07, 6.45) is 1.89. The third kappa shape index (κ3) is 2.68. The molecule has 0 radical (unpaired) electrons. The molecule has 1 saturated carbocycles. The van der Waals surface area contributed by atoms with Gasteiger partial charge in [0.2, 0.25) is 0 Å². The van der Waals surface area contributed by atoms with E-state index in [-0.39, 0.29) is 17.8 Å². The SMILES string of the molecule is CC(=O)C1C2CCC1CN(C(=O)OC(C)(C)C)C2. The Hall–Kier alpha value is -1.06. The van der Waals surface area contributed by atoms with Gasteiger partial charge in [0.25, 0.3) is 0 Å². The monoisotopic (exact) mass is 253 g/mol. The molecule has 2 atom stereocenters. The van der Waals surface area contributed by atoms with E-state index in [1.165, 1.54) is 0 Å². The van der Waals surface area contributed by atoms with E-state index in [1.807, 2.05) is 20.8 Å². The highest BCUT2D eigenvalue weighted by Gasteiger charge is 2.45. The van der Waals surface area contributed by atoms with E-state index in [2.05, 4.69) is 0 Å². The largest absolute Gasteiger partial charge is 0.444 e. The first-order valence-electron chi connectivity index (χ1n) is 6.76. The molecule has 2 rings (SSSR count). The highest BCUT2D eigenvalue weighted by Crippen LogP contribution is 2.42. The Morgan fingerprint density at radius 3 is 2.00 bits per heavy atom. The van der Waals surface area contributed by atoms with Crippen molar-refractivity contribution in [2.45, 2.75) is 46.1 Å². The van der Waals surface area contributed by atoms with Gasteiger partial charge in [-0.3, -0.25) is 4.79 Å². The van der Waals surface area contributed by atoms with Crippen LogP contribution in [0.2, 0.25) is 0 Å². The fraction of sp³-hybridized carbons (Fsp3) is 0.857. The smallest absolute Gasteiger partial charge is 0.410 e. The highest BCUT2D eigenvalue weighted by molar-refractivity contribution is 5.80. The first-order chi connectivity index (χ1) is 8.28. The lowest BCUT2D eigenvalue weighted by Gasteiger charge is -2.37. The van der Waals surface area contributed by atoms with Crippen molar-refractivity contribution < 1.29 is 14.3 Å². The minimum Gasteiger partial charge on any atom is -0.444 e. The number of amides is 1. The van der Waals surface area contributed by atoms with Crippen molar-refractivity contribution in [3.05, 3.63) is 0 Å². The third-order valence-corrected chi connectivity index (χ3v) is 3.95. The molecule has 0 aromatic heterocycles. The highest BCUT2D eigenvalue weighted by atomic mass is 16.6. The molecule has 2 fully saturated rings. The summed E-state index contributed by atoms with van der Waals surface area (Å²) in [5.74, 6) is 1.14. The Morgan fingerprint density at radius 1 is 1.11 bits per heavy atom. The predicted octanol–water partition coefficient (Wildman–Crippen LogP) is 2.47. The molecular weight excluding hydrogens is 230 g/mol. The van der Waals surface area contributed by atoms with Crippen LogP contribution < -0.4 is 0 Å². The minimum absolute atomic E-state index is 0.170. The van der Waals surface area contributed by atoms with Gasteiger partial charge >= 0.3 is 6.09 Å². The number of Topliss-reactive ketones (excluding diaryl/α,β-unsaturated/α-hetero) is 1. The van der Waals surface area contributed by atoms with Gasteiger partial charge in [0.15, 0.2) is 0 Å². The van der Waals surface area contributed by atoms with Gasteiger partial charge in [0, 0.05) is 19.0 Å². The molecule has 1 aliphatic carbocycles. The van der Waals surface area contributed by atoms with Crippen molar-refractivity contribution in [3.8, 4) is 0 Å². The molecule has 0 N–H and O–H groups in total. The Morgan fingerprint density at radius 2 is 1.61 bits per heavy atom. The number of hydrogen-bond acceptors (Lipinski definition) is 3. The van der Waals surface area contributed by atoms with Crippen LogP contribution in [0.4, 0.5) is 4.79 Å². The average Bonchev–Trinajstić information content (AvgIpc) is 2.47. The van der Waals surface area contributed by atoms with Crippen LogP contribution in [0.15, 0.2) is 0 Å². The van der Waals surface area contributed by atoms with E-state index >= 15 is 0 Å². The molecule has 1 amide bonds. The molecule has 4 heteroatoms. The summed E-state index contributed by atoms with van der Waals surface area (Å²) in [6.45, 7) is 8.66. The van der Waals surface area contributed by atoms with Gasteiger partial charge in [0.1, 0.15) is 11.4 Å². The minimum atomic E-state index is -0.451. The summed E-state index contributed by atoms with van der Waals surface area (Å²) in [5.41, 5.74) is -0.451. The standard InChI is InChI=1S/C14H23NO3/c1-9(16)12-10-5-6-11(12)8-15(7-10)13(17)18-14(2,3)4/h10-12H,5-8H2,1-4H3. The lowest BCUT2D eigenvalue weighted by molar-refractivity contribution is -0.124. The zero-order valence-electron chi connectivity index (χ0n) is 11.7. The number of nitrogens with zero attached hydrogens (tertiary/aromatic N) is 1. The van der Waals surface area contributed by atoms with E-state index in [0.717, 1.165) is 12.8 Å². The van der Waals surface area contributed by atoms with Gasteiger partial charge in [0.05, 0.1) is 0 Å². The van der Waals surface area contributed by atoms with Gasteiger partial charge < -0.3 is 9.64 Å². The molecule has 2 bridgehead atoms. The molecule has 18 heavy (non-hydrogen) atoms. The van der Waals surface area contributed by atoms with Crippen LogP contribution in [0.25, 0.3) is 0 Å². The van der Waals surface area contributed by atoms with Crippen LogP contribution in [0, 0.1) is 17.8 Å². The molecule has 0 aromatic rings. The summed E-state index contributed by atoms with van der Waals surface area (Å²) < 4.78 is 5.40. The van der Waals surface area contributed by atoms with Crippen molar-refractivity contribution in [1.82, 2.24) is 4.90 Å². The second-order valence-electron chi connectivity index (χ2n) is 6.62. The number of carbonyl (C=O) groups excluding carboxylic acids is 2. The van der Waals surface area contributed by atoms with E-state index in [4.69, 9.17) is 4.74 Å². The Kier molecular flexibility index (Phi) is 3.39. The number of piperidine rings is 1. The molecule has 0 spiro atoms. The second kappa shape index (κ2) is 4.56. The van der Waals surface area contributed by atoms with Crippen molar-refractivity contribution in [3.63, 3.8) is 0 Å². The second-order valence-corrected chi connectivity index (χ2v) is 6.62. The third-order valence-electron chi connectivity index (χ3n) is 3.95. The first kappa shape index (κ1) is 13.4. The zero-order chi connectivity index (χ0) is 13.5. The first-order valence-corrected chi connectivity index (χ1v) is 6.76. The Balaban J connectivity index is 2.00. The Labute approximate surface area is 109 Å². The zero-order valence-corrected chi connectivity index (χ0v) is 11.7. The van der Waals surface area contributed by atoms with E-state index in [0.29, 0.717) is 24.9 Å². The van der Waals surface area contributed by atoms with Crippen LogP contribution in [-0.4, -0.2) is 35.5 Å². The van der Waals surface area contributed by atoms with E-state index < -0.39 is 5.60 Å². The number of ketones is 1. The van der Waals surface area contributed by atoms with Crippen molar-refractivity contribution in [2.75, 3.05) is 13.1 Å².